The van der Waals surface area contributed by atoms with Gasteiger partial charge < -0.3 is 4.42 Å². The van der Waals surface area contributed by atoms with Crippen molar-refractivity contribution in [1.82, 2.24) is 14.5 Å². The number of carbonyl (C=O) groups excluding carboxylic acids is 1. The van der Waals surface area contributed by atoms with Gasteiger partial charge in [-0.3, -0.25) is 10.1 Å². The number of piperidine rings is 1. The average molecular weight is 469 g/mol. The summed E-state index contributed by atoms with van der Waals surface area (Å²) < 4.78 is 33.4. The first-order chi connectivity index (χ1) is 15.8. The van der Waals surface area contributed by atoms with Crippen LogP contribution in [0.25, 0.3) is 11.5 Å². The van der Waals surface area contributed by atoms with Crippen LogP contribution in [0.2, 0.25) is 0 Å². The monoisotopic (exact) mass is 468 g/mol. The summed E-state index contributed by atoms with van der Waals surface area (Å²) in [7, 11) is -3.60. The molecule has 2 heterocycles. The maximum absolute atomic E-state index is 13.1. The topological polar surface area (TPSA) is 105 Å². The lowest BCUT2D eigenvalue weighted by Gasteiger charge is -2.34. The van der Waals surface area contributed by atoms with Crippen molar-refractivity contribution in [1.29, 1.82) is 0 Å². The van der Waals surface area contributed by atoms with Crippen LogP contribution in [-0.4, -0.2) is 41.4 Å². The number of nitrogens with one attached hydrogen (secondary N) is 1. The molecule has 33 heavy (non-hydrogen) atoms. The van der Waals surface area contributed by atoms with Gasteiger partial charge in [0.2, 0.25) is 15.9 Å². The standard InChI is InChI=1S/C24H28N4O4S/c1-4-19-7-5-6-14-28(19)33(30,31)20-11-9-18(10-12-20)22(29)25-24-27-26-23(32-24)21-13-8-16(2)15-17(21)3/h8-13,15,19H,4-7,14H2,1-3H3,(H,25,27,29). The van der Waals surface area contributed by atoms with Crippen LogP contribution < -0.4 is 5.32 Å². The number of aromatic nitrogens is 2. The quantitative estimate of drug-likeness (QED) is 0.569. The Morgan fingerprint density at radius 1 is 1.12 bits per heavy atom. The van der Waals surface area contributed by atoms with Gasteiger partial charge in [0, 0.05) is 23.7 Å². The van der Waals surface area contributed by atoms with Crippen molar-refractivity contribution in [2.75, 3.05) is 11.9 Å². The summed E-state index contributed by atoms with van der Waals surface area (Å²) in [6.07, 6.45) is 3.58. The predicted molar refractivity (Wildman–Crippen MR) is 125 cm³/mol. The van der Waals surface area contributed by atoms with Gasteiger partial charge in [0.05, 0.1) is 4.90 Å². The van der Waals surface area contributed by atoms with Crippen molar-refractivity contribution in [3.8, 4) is 11.5 Å². The summed E-state index contributed by atoms with van der Waals surface area (Å²) in [5, 5.41) is 10.5. The largest absolute Gasteiger partial charge is 0.403 e. The summed E-state index contributed by atoms with van der Waals surface area (Å²) in [5.74, 6) is -0.143. The van der Waals surface area contributed by atoms with Crippen molar-refractivity contribution in [2.45, 2.75) is 57.4 Å². The van der Waals surface area contributed by atoms with Gasteiger partial charge in [0.25, 0.3) is 5.91 Å². The van der Waals surface area contributed by atoms with Gasteiger partial charge in [0.1, 0.15) is 0 Å². The summed E-state index contributed by atoms with van der Waals surface area (Å²) in [5.41, 5.74) is 3.21. The minimum absolute atomic E-state index is 0.0224. The fraction of sp³-hybridized carbons (Fsp3) is 0.375. The van der Waals surface area contributed by atoms with Gasteiger partial charge in [-0.15, -0.1) is 5.10 Å². The fourth-order valence-electron chi connectivity index (χ4n) is 4.22. The molecule has 0 spiro atoms. The minimum Gasteiger partial charge on any atom is -0.403 e. The first kappa shape index (κ1) is 23.1. The molecular weight excluding hydrogens is 440 g/mol. The first-order valence-corrected chi connectivity index (χ1v) is 12.6. The Kier molecular flexibility index (Phi) is 6.62. The smallest absolute Gasteiger partial charge is 0.322 e. The van der Waals surface area contributed by atoms with Crippen LogP contribution in [0.3, 0.4) is 0 Å². The van der Waals surface area contributed by atoms with E-state index in [0.717, 1.165) is 42.4 Å². The lowest BCUT2D eigenvalue weighted by Crippen LogP contribution is -2.43. The van der Waals surface area contributed by atoms with Gasteiger partial charge in [-0.25, -0.2) is 8.42 Å². The van der Waals surface area contributed by atoms with Crippen molar-refractivity contribution < 1.29 is 17.6 Å². The number of anilines is 1. The highest BCUT2D eigenvalue weighted by atomic mass is 32.2. The van der Waals surface area contributed by atoms with Crippen LogP contribution in [0, 0.1) is 13.8 Å². The number of nitrogens with zero attached hydrogens (tertiary/aromatic N) is 3. The second-order valence-electron chi connectivity index (χ2n) is 8.38. The van der Waals surface area contributed by atoms with E-state index in [1.807, 2.05) is 39.0 Å². The third-order valence-electron chi connectivity index (χ3n) is 6.03. The fourth-order valence-corrected chi connectivity index (χ4v) is 5.98. The number of rotatable bonds is 6. The molecule has 3 aromatic rings. The van der Waals surface area contributed by atoms with Gasteiger partial charge in [-0.2, -0.15) is 4.31 Å². The molecule has 0 aliphatic carbocycles. The molecule has 174 valence electrons. The minimum atomic E-state index is -3.60. The SMILES string of the molecule is CCC1CCCCN1S(=O)(=O)c1ccc(C(=O)Nc2nnc(-c3ccc(C)cc3C)o2)cc1. The van der Waals surface area contributed by atoms with Crippen LogP contribution in [-0.2, 0) is 10.0 Å². The first-order valence-electron chi connectivity index (χ1n) is 11.1. The van der Waals surface area contributed by atoms with E-state index in [1.54, 1.807) is 4.31 Å². The summed E-state index contributed by atoms with van der Waals surface area (Å²) in [4.78, 5) is 12.8. The molecule has 1 unspecified atom stereocenters. The number of hydrogen-bond donors (Lipinski definition) is 1. The van der Waals surface area contributed by atoms with Crippen molar-refractivity contribution in [2.24, 2.45) is 0 Å². The van der Waals surface area contributed by atoms with E-state index in [9.17, 15) is 13.2 Å². The maximum atomic E-state index is 13.1. The molecule has 1 aromatic heterocycles. The zero-order valence-electron chi connectivity index (χ0n) is 19.0. The number of carbonyl (C=O) groups is 1. The van der Waals surface area contributed by atoms with Gasteiger partial charge in [-0.1, -0.05) is 36.1 Å². The van der Waals surface area contributed by atoms with Crippen molar-refractivity contribution in [3.05, 3.63) is 59.2 Å². The molecule has 2 aromatic carbocycles. The second-order valence-corrected chi connectivity index (χ2v) is 10.3. The summed E-state index contributed by atoms with van der Waals surface area (Å²) >= 11 is 0. The van der Waals surface area contributed by atoms with E-state index in [4.69, 9.17) is 4.42 Å². The van der Waals surface area contributed by atoms with Crippen LogP contribution in [0.5, 0.6) is 0 Å². The lowest BCUT2D eigenvalue weighted by atomic mass is 10.0. The molecule has 1 fully saturated rings. The Bertz CT molecular complexity index is 1250. The molecule has 9 heteroatoms. The molecule has 8 nitrogen and oxygen atoms in total. The summed E-state index contributed by atoms with van der Waals surface area (Å²) in [6.45, 7) is 6.49. The predicted octanol–water partition coefficient (Wildman–Crippen LogP) is 4.56. The molecule has 1 atom stereocenters. The number of benzene rings is 2. The highest BCUT2D eigenvalue weighted by molar-refractivity contribution is 7.89. The normalized spacial score (nSPS) is 17.1. The Balaban J connectivity index is 1.47. The van der Waals surface area contributed by atoms with E-state index in [0.29, 0.717) is 18.0 Å². The number of sulfonamides is 1. The molecular formula is C24H28N4O4S. The molecule has 1 amide bonds. The highest BCUT2D eigenvalue weighted by Gasteiger charge is 2.32. The summed E-state index contributed by atoms with van der Waals surface area (Å²) in [6, 6.07) is 11.8. The molecule has 1 aliphatic rings. The van der Waals surface area contributed by atoms with E-state index in [2.05, 4.69) is 15.5 Å². The Labute approximate surface area is 194 Å². The molecule has 0 bridgehead atoms. The number of aryl methyl sites for hydroxylation is 2. The van der Waals surface area contributed by atoms with E-state index < -0.39 is 15.9 Å². The van der Waals surface area contributed by atoms with Crippen LogP contribution in [0.15, 0.2) is 51.8 Å². The average Bonchev–Trinajstić information content (AvgIpc) is 3.27. The Morgan fingerprint density at radius 3 is 2.58 bits per heavy atom. The lowest BCUT2D eigenvalue weighted by molar-refractivity contribution is 0.102. The third-order valence-corrected chi connectivity index (χ3v) is 7.99. The highest BCUT2D eigenvalue weighted by Crippen LogP contribution is 2.28. The Hall–Kier alpha value is -3.04. The van der Waals surface area contributed by atoms with Crippen LogP contribution in [0.1, 0.15) is 54.1 Å². The molecule has 1 saturated heterocycles. The maximum Gasteiger partial charge on any atom is 0.322 e. The molecule has 0 saturated carbocycles. The van der Waals surface area contributed by atoms with E-state index in [-0.39, 0.29) is 17.0 Å². The van der Waals surface area contributed by atoms with E-state index >= 15 is 0 Å². The number of amides is 1. The van der Waals surface area contributed by atoms with E-state index in [1.165, 1.54) is 24.3 Å². The zero-order chi connectivity index (χ0) is 23.6. The molecule has 4 rings (SSSR count). The second kappa shape index (κ2) is 9.44. The van der Waals surface area contributed by atoms with Crippen LogP contribution in [0.4, 0.5) is 6.01 Å². The zero-order valence-corrected chi connectivity index (χ0v) is 19.9. The van der Waals surface area contributed by atoms with Gasteiger partial charge >= 0.3 is 6.01 Å². The van der Waals surface area contributed by atoms with Gasteiger partial charge in [-0.05, 0) is 69.0 Å². The van der Waals surface area contributed by atoms with Crippen molar-refractivity contribution in [3.63, 3.8) is 0 Å². The number of hydrogen-bond acceptors (Lipinski definition) is 6. The van der Waals surface area contributed by atoms with Gasteiger partial charge in [0.15, 0.2) is 0 Å². The molecule has 0 radical (unpaired) electrons. The third kappa shape index (κ3) is 4.84. The van der Waals surface area contributed by atoms with Crippen molar-refractivity contribution >= 4 is 21.9 Å². The molecule has 1 N–H and O–H groups in total. The molecule has 1 aliphatic heterocycles. The van der Waals surface area contributed by atoms with Crippen LogP contribution >= 0.6 is 0 Å². The Morgan fingerprint density at radius 2 is 1.88 bits per heavy atom.